The largest absolute Gasteiger partial charge is 0.462 e. The van der Waals surface area contributed by atoms with Gasteiger partial charge in [0.05, 0.1) is 45.5 Å². The Morgan fingerprint density at radius 2 is 1.55 bits per heavy atom. The fourth-order valence-electron chi connectivity index (χ4n) is 4.35. The highest BCUT2D eigenvalue weighted by Crippen LogP contribution is 2.37. The van der Waals surface area contributed by atoms with Crippen molar-refractivity contribution in [2.75, 3.05) is 58.4 Å². The van der Waals surface area contributed by atoms with E-state index in [2.05, 4.69) is 15.3 Å². The molecule has 6 atom stereocenters. The average Bonchev–Trinajstić information content (AvgIpc) is 2.98. The first-order valence-corrected chi connectivity index (χ1v) is 15.7. The van der Waals surface area contributed by atoms with Gasteiger partial charge in [0.25, 0.3) is 5.79 Å². The fraction of sp³-hybridized carbons (Fsp3) is 0.778. The molecule has 1 rings (SSSR count). The first-order chi connectivity index (χ1) is 22.3. The van der Waals surface area contributed by atoms with Crippen LogP contribution in [0.5, 0.6) is 0 Å². The second kappa shape index (κ2) is 22.0. The molecule has 19 nitrogen and oxygen atoms in total. The summed E-state index contributed by atoms with van der Waals surface area (Å²) in [5.41, 5.74) is 8.30. The Morgan fingerprint density at radius 1 is 0.915 bits per heavy atom. The Hall–Kier alpha value is -3.68. The summed E-state index contributed by atoms with van der Waals surface area (Å²) in [5.74, 6) is -7.48. The number of hydrogen-bond acceptors (Lipinski definition) is 17. The highest BCUT2D eigenvalue weighted by molar-refractivity contribution is 7.98. The van der Waals surface area contributed by atoms with Crippen molar-refractivity contribution in [2.24, 2.45) is 5.11 Å². The minimum Gasteiger partial charge on any atom is -0.462 e. The average molecular weight is 695 g/mol. The predicted molar refractivity (Wildman–Crippen MR) is 159 cm³/mol. The zero-order chi connectivity index (χ0) is 35.4. The lowest BCUT2D eigenvalue weighted by atomic mass is 9.88. The molecule has 0 saturated carbocycles. The van der Waals surface area contributed by atoms with Crippen molar-refractivity contribution in [2.45, 2.75) is 77.3 Å². The van der Waals surface area contributed by atoms with E-state index in [0.29, 0.717) is 0 Å². The van der Waals surface area contributed by atoms with Crippen LogP contribution in [0.15, 0.2) is 5.11 Å². The highest BCUT2D eigenvalue weighted by atomic mass is 32.2. The first kappa shape index (κ1) is 41.3. The van der Waals surface area contributed by atoms with Gasteiger partial charge in [-0.2, -0.15) is 0 Å². The van der Waals surface area contributed by atoms with Crippen molar-refractivity contribution < 1.29 is 71.4 Å². The lowest BCUT2D eigenvalue weighted by Gasteiger charge is -2.48. The maximum absolute atomic E-state index is 13.6. The lowest BCUT2D eigenvalue weighted by Crippen LogP contribution is -2.69. The molecule has 1 heterocycles. The Morgan fingerprint density at radius 3 is 2.11 bits per heavy atom. The molecular formula is C27H42N4O15S. The zero-order valence-corrected chi connectivity index (χ0v) is 27.9. The van der Waals surface area contributed by atoms with Gasteiger partial charge in [-0.05, 0) is 11.8 Å². The third kappa shape index (κ3) is 15.6. The van der Waals surface area contributed by atoms with Gasteiger partial charge in [0.15, 0.2) is 12.2 Å². The summed E-state index contributed by atoms with van der Waals surface area (Å²) in [4.78, 5) is 76.9. The Labute approximate surface area is 275 Å². The van der Waals surface area contributed by atoms with E-state index in [0.717, 1.165) is 46.4 Å². The van der Waals surface area contributed by atoms with Crippen molar-refractivity contribution in [3.8, 4) is 0 Å². The molecule has 1 aliphatic heterocycles. The SMILES string of the molecule is CSCOC(=O)[C@@]1(OCCOCCOCCN=[N+]=[N-])C[C@H](OC(C)=O)[C@@H](NC(C)=O)[C@H]([C@H](OC(C)=O)[C@@H](COC(C)=O)OC(C)=O)O1. The molecule has 1 saturated heterocycles. The van der Waals surface area contributed by atoms with Gasteiger partial charge < -0.3 is 47.9 Å². The Balaban J connectivity index is 3.56. The van der Waals surface area contributed by atoms with Gasteiger partial charge in [-0.15, -0.1) is 11.8 Å². The van der Waals surface area contributed by atoms with E-state index in [1.54, 1.807) is 6.26 Å². The lowest BCUT2D eigenvalue weighted by molar-refractivity contribution is -0.316. The standard InChI is InChI=1S/C27H42N4O15S/c1-16(32)30-23-21(43-18(3)34)13-27(26(37)41-15-47-6,42-12-11-39-10-9-38-8-7-29-31-28)46-25(23)24(45-20(5)36)22(44-19(4)35)14-40-17(2)33/h21-25H,7-15H2,1-6H3,(H,30,32)/t21-,22+,23+,24+,25+,27+/m0/s1. The molecule has 266 valence electrons. The monoisotopic (exact) mass is 694 g/mol. The third-order valence-corrected chi connectivity index (χ3v) is 6.30. The van der Waals surface area contributed by atoms with E-state index in [1.807, 2.05) is 0 Å². The smallest absolute Gasteiger partial charge is 0.367 e. The van der Waals surface area contributed by atoms with E-state index >= 15 is 0 Å². The van der Waals surface area contributed by atoms with Crippen LogP contribution in [0.2, 0.25) is 0 Å². The Bertz CT molecular complexity index is 1120. The van der Waals surface area contributed by atoms with Gasteiger partial charge in [-0.1, -0.05) is 5.11 Å². The van der Waals surface area contributed by atoms with Crippen LogP contribution in [0.4, 0.5) is 0 Å². The second-order valence-corrected chi connectivity index (χ2v) is 10.6. The molecule has 0 aromatic rings. The molecule has 0 bridgehead atoms. The predicted octanol–water partition coefficient (Wildman–Crippen LogP) is 0.558. The minimum absolute atomic E-state index is 0.0887. The van der Waals surface area contributed by atoms with E-state index in [4.69, 9.17) is 48.2 Å². The van der Waals surface area contributed by atoms with E-state index in [1.165, 1.54) is 0 Å². The van der Waals surface area contributed by atoms with Crippen LogP contribution in [0.3, 0.4) is 0 Å². The van der Waals surface area contributed by atoms with Gasteiger partial charge in [0, 0.05) is 46.1 Å². The van der Waals surface area contributed by atoms with Crippen molar-refractivity contribution in [3.63, 3.8) is 0 Å². The second-order valence-electron chi connectivity index (χ2n) is 9.80. The molecule has 47 heavy (non-hydrogen) atoms. The van der Waals surface area contributed by atoms with Gasteiger partial charge in [-0.3, -0.25) is 24.0 Å². The number of nitrogens with zero attached hydrogens (tertiary/aromatic N) is 3. The van der Waals surface area contributed by atoms with Crippen LogP contribution in [-0.2, 0) is 71.4 Å². The van der Waals surface area contributed by atoms with Crippen molar-refractivity contribution in [1.29, 1.82) is 0 Å². The zero-order valence-electron chi connectivity index (χ0n) is 27.1. The molecule has 0 aromatic carbocycles. The van der Waals surface area contributed by atoms with Crippen LogP contribution in [0.25, 0.3) is 10.4 Å². The Kier molecular flexibility index (Phi) is 19.3. The van der Waals surface area contributed by atoms with E-state index < -0.39 is 85.0 Å². The molecule has 0 unspecified atom stereocenters. The highest BCUT2D eigenvalue weighted by Gasteiger charge is 2.59. The van der Waals surface area contributed by atoms with Crippen LogP contribution in [-0.4, -0.2) is 130 Å². The number of carbonyl (C=O) groups excluding carboxylic acids is 6. The van der Waals surface area contributed by atoms with E-state index in [9.17, 15) is 28.8 Å². The molecule has 0 aliphatic carbocycles. The fourth-order valence-corrected chi connectivity index (χ4v) is 4.58. The number of carbonyl (C=O) groups is 6. The maximum atomic E-state index is 13.6. The minimum atomic E-state index is -2.34. The molecule has 20 heteroatoms. The molecule has 0 radical (unpaired) electrons. The molecule has 1 aliphatic rings. The summed E-state index contributed by atoms with van der Waals surface area (Å²) >= 11 is 1.16. The van der Waals surface area contributed by atoms with Gasteiger partial charge in [0.2, 0.25) is 5.91 Å². The molecule has 1 amide bonds. The number of esters is 5. The summed E-state index contributed by atoms with van der Waals surface area (Å²) in [6.07, 6.45) is -5.02. The van der Waals surface area contributed by atoms with Gasteiger partial charge in [0.1, 0.15) is 24.8 Å². The van der Waals surface area contributed by atoms with Crippen molar-refractivity contribution >= 4 is 47.5 Å². The number of hydrogen-bond donors (Lipinski definition) is 1. The normalized spacial score (nSPS) is 21.6. The summed E-state index contributed by atoms with van der Waals surface area (Å²) in [7, 11) is 0. The van der Waals surface area contributed by atoms with Crippen molar-refractivity contribution in [3.05, 3.63) is 10.4 Å². The molecule has 1 fully saturated rings. The molecule has 0 spiro atoms. The number of ether oxygens (including phenoxy) is 9. The van der Waals surface area contributed by atoms with Gasteiger partial charge in [-0.25, -0.2) is 4.79 Å². The van der Waals surface area contributed by atoms with Crippen LogP contribution in [0, 0.1) is 0 Å². The summed E-state index contributed by atoms with van der Waals surface area (Å²) in [5, 5.41) is 5.93. The molecule has 0 aromatic heterocycles. The number of rotatable bonds is 21. The van der Waals surface area contributed by atoms with Crippen LogP contribution < -0.4 is 5.32 Å². The first-order valence-electron chi connectivity index (χ1n) is 14.3. The number of amides is 1. The number of nitrogens with one attached hydrogen (secondary N) is 1. The summed E-state index contributed by atoms with van der Waals surface area (Å²) < 4.78 is 49.7. The summed E-state index contributed by atoms with van der Waals surface area (Å²) in [6, 6.07) is -1.32. The van der Waals surface area contributed by atoms with Crippen molar-refractivity contribution in [1.82, 2.24) is 5.32 Å². The quantitative estimate of drug-likeness (QED) is 0.0328. The molecule has 1 N–H and O–H groups in total. The summed E-state index contributed by atoms with van der Waals surface area (Å²) in [6.45, 7) is 5.06. The van der Waals surface area contributed by atoms with Crippen LogP contribution in [0.1, 0.15) is 41.0 Å². The van der Waals surface area contributed by atoms with E-state index in [-0.39, 0.29) is 45.5 Å². The maximum Gasteiger partial charge on any atom is 0.367 e. The third-order valence-electron chi connectivity index (χ3n) is 5.95. The van der Waals surface area contributed by atoms with Crippen LogP contribution >= 0.6 is 11.8 Å². The topological polar surface area (TPSA) is 246 Å². The van der Waals surface area contributed by atoms with Gasteiger partial charge >= 0.3 is 29.8 Å². The molecular weight excluding hydrogens is 652 g/mol. The number of azide groups is 1. The number of thioether (sulfide) groups is 1.